The molecule has 1 heterocycles. The van der Waals surface area contributed by atoms with Gasteiger partial charge in [-0.25, -0.2) is 0 Å². The zero-order valence-electron chi connectivity index (χ0n) is 16.6. The van der Waals surface area contributed by atoms with Crippen LogP contribution in [0.3, 0.4) is 0 Å². The zero-order valence-corrected chi connectivity index (χ0v) is 16.6. The number of carbonyl (C=O) groups excluding carboxylic acids is 1. The number of benzene rings is 2. The second-order valence-corrected chi connectivity index (χ2v) is 8.00. The molecule has 3 N–H and O–H groups in total. The molecule has 3 aromatic rings. The molecule has 1 aliphatic rings. The lowest BCUT2D eigenvalue weighted by Crippen LogP contribution is -2.23. The van der Waals surface area contributed by atoms with E-state index >= 15 is 0 Å². The van der Waals surface area contributed by atoms with E-state index in [1.165, 1.54) is 31.2 Å². The summed E-state index contributed by atoms with van der Waals surface area (Å²) in [6.45, 7) is -0.0428. The van der Waals surface area contributed by atoms with Gasteiger partial charge in [-0.05, 0) is 40.7 Å². The highest BCUT2D eigenvalue weighted by molar-refractivity contribution is 5.95. The summed E-state index contributed by atoms with van der Waals surface area (Å²) in [7, 11) is 0. The van der Waals surface area contributed by atoms with Crippen LogP contribution in [0.2, 0.25) is 0 Å². The van der Waals surface area contributed by atoms with Crippen molar-refractivity contribution in [2.24, 2.45) is 5.92 Å². The summed E-state index contributed by atoms with van der Waals surface area (Å²) in [4.78, 5) is 16.2. The Morgan fingerprint density at radius 3 is 2.38 bits per heavy atom. The number of H-pyrrole nitrogens is 1. The number of aliphatic hydroxyl groups is 1. The van der Waals surface area contributed by atoms with E-state index < -0.39 is 0 Å². The maximum atomic E-state index is 13.2. The average Bonchev–Trinajstić information content (AvgIpc) is 3.44. The third-order valence-corrected chi connectivity index (χ3v) is 5.96. The predicted octanol–water partition coefficient (Wildman–Crippen LogP) is 5.48. The Morgan fingerprint density at radius 1 is 1.03 bits per heavy atom. The van der Waals surface area contributed by atoms with Gasteiger partial charge < -0.3 is 15.4 Å². The number of hydrogen-bond acceptors (Lipinski definition) is 2. The fourth-order valence-corrected chi connectivity index (χ4v) is 4.33. The minimum atomic E-state index is -0.177. The van der Waals surface area contributed by atoms with Gasteiger partial charge in [-0.15, -0.1) is 0 Å². The summed E-state index contributed by atoms with van der Waals surface area (Å²) in [5, 5.41) is 12.3. The van der Waals surface area contributed by atoms with Crippen LogP contribution in [-0.2, 0) is 11.4 Å². The Kier molecular flexibility index (Phi) is 6.11. The summed E-state index contributed by atoms with van der Waals surface area (Å²) >= 11 is 0. The minimum absolute atomic E-state index is 0.00991. The number of nitrogens with one attached hydrogen (secondary N) is 2. The summed E-state index contributed by atoms with van der Waals surface area (Å²) in [5.74, 6) is 1.08. The SMILES string of the molecule is O=C(Nc1cc(CO)c[nH]1)C(CC1CCCC1)c1ccc(-c2ccccc2)cc1. The standard InChI is InChI=1S/C25H28N2O2/c28-17-19-15-24(26-16-19)27-25(29)23(14-18-6-4-5-7-18)22-12-10-21(11-13-22)20-8-2-1-3-9-20/h1-3,8-13,15-16,18,23,26,28H,4-7,14,17H2,(H,27,29). The molecular formula is C25H28N2O2. The van der Waals surface area contributed by atoms with Gasteiger partial charge in [0, 0.05) is 6.20 Å². The van der Waals surface area contributed by atoms with Crippen LogP contribution in [-0.4, -0.2) is 16.0 Å². The quantitative estimate of drug-likeness (QED) is 0.502. The molecule has 29 heavy (non-hydrogen) atoms. The summed E-state index contributed by atoms with van der Waals surface area (Å²) in [6.07, 6.45) is 7.55. The maximum absolute atomic E-state index is 13.2. The molecule has 0 aliphatic heterocycles. The first kappa shape index (κ1) is 19.5. The number of anilines is 1. The van der Waals surface area contributed by atoms with Crippen LogP contribution >= 0.6 is 0 Å². The molecular weight excluding hydrogens is 360 g/mol. The van der Waals surface area contributed by atoms with Crippen molar-refractivity contribution in [1.29, 1.82) is 0 Å². The van der Waals surface area contributed by atoms with Crippen molar-refractivity contribution in [3.8, 4) is 11.1 Å². The van der Waals surface area contributed by atoms with Crippen molar-refractivity contribution in [1.82, 2.24) is 4.98 Å². The topological polar surface area (TPSA) is 65.1 Å². The summed E-state index contributed by atoms with van der Waals surface area (Å²) in [5.41, 5.74) is 4.16. The summed E-state index contributed by atoms with van der Waals surface area (Å²) < 4.78 is 0. The Morgan fingerprint density at radius 2 is 1.72 bits per heavy atom. The molecule has 1 saturated carbocycles. The zero-order chi connectivity index (χ0) is 20.1. The Balaban J connectivity index is 1.55. The molecule has 1 fully saturated rings. The number of aromatic amines is 1. The Labute approximate surface area is 172 Å². The number of aliphatic hydroxyl groups excluding tert-OH is 1. The van der Waals surface area contributed by atoms with Crippen LogP contribution < -0.4 is 5.32 Å². The highest BCUT2D eigenvalue weighted by Crippen LogP contribution is 2.35. The largest absolute Gasteiger partial charge is 0.392 e. The average molecular weight is 389 g/mol. The lowest BCUT2D eigenvalue weighted by atomic mass is 9.86. The van der Waals surface area contributed by atoms with E-state index in [1.807, 2.05) is 18.2 Å². The maximum Gasteiger partial charge on any atom is 0.233 e. The molecule has 4 heteroatoms. The first-order valence-electron chi connectivity index (χ1n) is 10.5. The molecule has 0 bridgehead atoms. The van der Waals surface area contributed by atoms with Crippen molar-refractivity contribution in [2.45, 2.75) is 44.6 Å². The normalized spacial score (nSPS) is 15.3. The van der Waals surface area contributed by atoms with Gasteiger partial charge in [-0.2, -0.15) is 0 Å². The molecule has 2 aromatic carbocycles. The van der Waals surface area contributed by atoms with Crippen LogP contribution in [0.5, 0.6) is 0 Å². The minimum Gasteiger partial charge on any atom is -0.392 e. The van der Waals surface area contributed by atoms with Crippen molar-refractivity contribution < 1.29 is 9.90 Å². The molecule has 4 rings (SSSR count). The van der Waals surface area contributed by atoms with Crippen LogP contribution in [0, 0.1) is 5.92 Å². The molecule has 1 aliphatic carbocycles. The fraction of sp³-hybridized carbons (Fsp3) is 0.320. The first-order chi connectivity index (χ1) is 14.2. The third-order valence-electron chi connectivity index (χ3n) is 5.96. The number of aromatic nitrogens is 1. The lowest BCUT2D eigenvalue weighted by molar-refractivity contribution is -0.118. The van der Waals surface area contributed by atoms with Crippen LogP contribution in [0.25, 0.3) is 11.1 Å². The van der Waals surface area contributed by atoms with Crippen LogP contribution in [0.15, 0.2) is 66.9 Å². The van der Waals surface area contributed by atoms with Crippen molar-refractivity contribution in [2.75, 3.05) is 5.32 Å². The molecule has 150 valence electrons. The Hall–Kier alpha value is -2.85. The molecule has 1 atom stereocenters. The van der Waals surface area contributed by atoms with Gasteiger partial charge >= 0.3 is 0 Å². The van der Waals surface area contributed by atoms with E-state index in [2.05, 4.69) is 46.7 Å². The number of rotatable bonds is 7. The van der Waals surface area contributed by atoms with E-state index in [0.717, 1.165) is 23.1 Å². The van der Waals surface area contributed by atoms with Crippen molar-refractivity contribution >= 4 is 11.7 Å². The third kappa shape index (κ3) is 4.77. The number of carbonyl (C=O) groups is 1. The molecule has 4 nitrogen and oxygen atoms in total. The van der Waals surface area contributed by atoms with Crippen molar-refractivity contribution in [3.63, 3.8) is 0 Å². The second kappa shape index (κ2) is 9.10. The van der Waals surface area contributed by atoms with E-state index in [0.29, 0.717) is 11.7 Å². The van der Waals surface area contributed by atoms with Gasteiger partial charge in [0.25, 0.3) is 0 Å². The van der Waals surface area contributed by atoms with Gasteiger partial charge in [0.05, 0.1) is 12.5 Å². The molecule has 0 spiro atoms. The van der Waals surface area contributed by atoms with E-state index in [4.69, 9.17) is 0 Å². The molecule has 1 amide bonds. The number of amides is 1. The van der Waals surface area contributed by atoms with Gasteiger partial charge in [-0.3, -0.25) is 4.79 Å². The van der Waals surface area contributed by atoms with Crippen LogP contribution in [0.1, 0.15) is 49.1 Å². The first-order valence-corrected chi connectivity index (χ1v) is 10.5. The predicted molar refractivity (Wildman–Crippen MR) is 117 cm³/mol. The Bertz CT molecular complexity index is 925. The summed E-state index contributed by atoms with van der Waals surface area (Å²) in [6, 6.07) is 20.5. The second-order valence-electron chi connectivity index (χ2n) is 8.00. The van der Waals surface area contributed by atoms with E-state index in [9.17, 15) is 9.90 Å². The highest BCUT2D eigenvalue weighted by Gasteiger charge is 2.27. The van der Waals surface area contributed by atoms with E-state index in [-0.39, 0.29) is 18.4 Å². The number of hydrogen-bond donors (Lipinski definition) is 3. The fourth-order valence-electron chi connectivity index (χ4n) is 4.33. The van der Waals surface area contributed by atoms with Gasteiger partial charge in [-0.1, -0.05) is 80.3 Å². The van der Waals surface area contributed by atoms with Gasteiger partial charge in [0.15, 0.2) is 0 Å². The molecule has 1 aromatic heterocycles. The molecule has 0 saturated heterocycles. The smallest absolute Gasteiger partial charge is 0.233 e. The van der Waals surface area contributed by atoms with Gasteiger partial charge in [0.1, 0.15) is 5.82 Å². The lowest BCUT2D eigenvalue weighted by Gasteiger charge is -2.21. The van der Waals surface area contributed by atoms with Crippen molar-refractivity contribution in [3.05, 3.63) is 78.0 Å². The highest BCUT2D eigenvalue weighted by atomic mass is 16.3. The monoisotopic (exact) mass is 388 g/mol. The van der Waals surface area contributed by atoms with E-state index in [1.54, 1.807) is 12.3 Å². The molecule has 0 radical (unpaired) electrons. The van der Waals surface area contributed by atoms with Crippen LogP contribution in [0.4, 0.5) is 5.82 Å². The van der Waals surface area contributed by atoms with Gasteiger partial charge in [0.2, 0.25) is 5.91 Å². The molecule has 1 unspecified atom stereocenters.